The number of hydrogen-bond acceptors (Lipinski definition) is 1. The van der Waals surface area contributed by atoms with Gasteiger partial charge in [0.2, 0.25) is 0 Å². The molecule has 0 rings (SSSR count). The average Bonchev–Trinajstić information content (AvgIpc) is 1.50. The molecule has 0 saturated carbocycles. The van der Waals surface area contributed by atoms with Gasteiger partial charge in [-0.1, -0.05) is 0 Å². The topological polar surface area (TPSA) is 26.0 Å². The molecule has 0 spiro atoms. The van der Waals surface area contributed by atoms with Crippen LogP contribution in [0.3, 0.4) is 0 Å². The first-order valence-electron chi connectivity index (χ1n) is 0.955. The predicted molar refractivity (Wildman–Crippen MR) is 24.4 cm³/mol. The van der Waals surface area contributed by atoms with E-state index in [9.17, 15) is 0 Å². The minimum absolute atomic E-state index is 0. The molecule has 36 valence electrons. The van der Waals surface area contributed by atoms with Crippen molar-refractivity contribution in [3.8, 4) is 0 Å². The van der Waals surface area contributed by atoms with Gasteiger partial charge in [-0.15, -0.1) is 11.6 Å². The highest BCUT2D eigenvalue weighted by Gasteiger charge is 0.943. The van der Waals surface area contributed by atoms with Crippen molar-refractivity contribution in [1.82, 2.24) is 0 Å². The molecule has 0 aromatic rings. The molecule has 0 saturated heterocycles. The summed E-state index contributed by atoms with van der Waals surface area (Å²) in [5.74, 6) is 0. The van der Waals surface area contributed by atoms with E-state index in [-0.39, 0.29) is 4.70 Å². The van der Waals surface area contributed by atoms with Crippen LogP contribution in [-0.2, 0) is 0 Å². The maximum absolute atomic E-state index is 4.64. The van der Waals surface area contributed by atoms with E-state index in [0.29, 0.717) is 0 Å². The second-order valence-corrected chi connectivity index (χ2v) is 0. The number of alkyl halides is 1. The van der Waals surface area contributed by atoms with Gasteiger partial charge in [-0.2, -0.15) is 0 Å². The zero-order chi connectivity index (χ0) is 4.00. The fourth-order valence-corrected chi connectivity index (χ4v) is 0. The van der Waals surface area contributed by atoms with Gasteiger partial charge in [0.25, 0.3) is 0 Å². The Kier molecular flexibility index (Phi) is 4970. The molecule has 3 heteroatoms. The summed E-state index contributed by atoms with van der Waals surface area (Å²) in [5, 5.41) is 0. The third-order valence-electron chi connectivity index (χ3n) is 0. The quantitative estimate of drug-likeness (QED) is 0.444. The molecular weight excluding hydrogens is 92.5 g/mol. The standard InChI is InChI=1S/CH3Cl.CH5N.FH/c2*1-2;/h1H3;2H2,1H3;1H. The molecule has 0 fully saturated rings. The summed E-state index contributed by atoms with van der Waals surface area (Å²) in [6, 6.07) is 0. The van der Waals surface area contributed by atoms with Crippen LogP contribution < -0.4 is 5.73 Å². The molecule has 2 N–H and O–H groups in total. The fraction of sp³-hybridized carbons (Fsp3) is 1.00. The van der Waals surface area contributed by atoms with Gasteiger partial charge in [0.05, 0.1) is 0 Å². The molecule has 0 atom stereocenters. The number of hydrogen-bond donors (Lipinski definition) is 1. The summed E-state index contributed by atoms with van der Waals surface area (Å²) in [7, 11) is 1.50. The lowest BCUT2D eigenvalue weighted by atomic mass is 11.6. The van der Waals surface area contributed by atoms with Gasteiger partial charge in [-0.3, -0.25) is 4.70 Å². The first-order chi connectivity index (χ1) is 2.00. The van der Waals surface area contributed by atoms with Crippen LogP contribution in [-0.4, -0.2) is 13.4 Å². The monoisotopic (exact) mass is 101 g/mol. The molecule has 0 heterocycles. The van der Waals surface area contributed by atoms with E-state index in [1.165, 1.54) is 13.4 Å². The second-order valence-electron chi connectivity index (χ2n) is 0. The highest BCUT2D eigenvalue weighted by molar-refractivity contribution is 6.15. The van der Waals surface area contributed by atoms with E-state index in [1.807, 2.05) is 0 Å². The van der Waals surface area contributed by atoms with Crippen molar-refractivity contribution in [3.63, 3.8) is 0 Å². The van der Waals surface area contributed by atoms with Crippen LogP contribution in [0.25, 0.3) is 0 Å². The summed E-state index contributed by atoms with van der Waals surface area (Å²) >= 11 is 4.64. The molecular formula is C2H9ClFN. The van der Waals surface area contributed by atoms with Crippen LogP contribution in [0.2, 0.25) is 0 Å². The fourth-order valence-electron chi connectivity index (χ4n) is 0. The van der Waals surface area contributed by atoms with E-state index in [2.05, 4.69) is 17.3 Å². The van der Waals surface area contributed by atoms with E-state index in [0.717, 1.165) is 0 Å². The Morgan fingerprint density at radius 3 is 1.20 bits per heavy atom. The lowest BCUT2D eigenvalue weighted by molar-refractivity contribution is 1.11. The van der Waals surface area contributed by atoms with Crippen LogP contribution >= 0.6 is 11.6 Å². The van der Waals surface area contributed by atoms with Crippen LogP contribution in [0.1, 0.15) is 0 Å². The highest BCUT2D eigenvalue weighted by atomic mass is 35.5. The SMILES string of the molecule is CCl.CN.F. The maximum atomic E-state index is 4.64. The summed E-state index contributed by atoms with van der Waals surface area (Å²) in [5.41, 5.74) is 4.50. The molecule has 0 aliphatic carbocycles. The van der Waals surface area contributed by atoms with E-state index >= 15 is 0 Å². The van der Waals surface area contributed by atoms with E-state index < -0.39 is 0 Å². The third kappa shape index (κ3) is 613. The predicted octanol–water partition coefficient (Wildman–Crippen LogP) is 0.582. The Morgan fingerprint density at radius 1 is 1.20 bits per heavy atom. The summed E-state index contributed by atoms with van der Waals surface area (Å²) < 4.78 is 0. The normalized spacial score (nSPS) is 2.40. The second kappa shape index (κ2) is 1300. The van der Waals surface area contributed by atoms with Crippen LogP contribution in [0, 0.1) is 0 Å². The summed E-state index contributed by atoms with van der Waals surface area (Å²) in [6.07, 6.45) is 1.47. The third-order valence-corrected chi connectivity index (χ3v) is 0. The molecule has 0 aromatic heterocycles. The van der Waals surface area contributed by atoms with Crippen molar-refractivity contribution in [2.45, 2.75) is 0 Å². The molecule has 0 aliphatic heterocycles. The van der Waals surface area contributed by atoms with Crippen molar-refractivity contribution in [3.05, 3.63) is 0 Å². The van der Waals surface area contributed by atoms with E-state index in [1.54, 1.807) is 0 Å². The maximum Gasteiger partial charge on any atom is 0.0108 e. The highest BCUT2D eigenvalue weighted by Crippen LogP contribution is 1.34. The zero-order valence-electron chi connectivity index (χ0n) is 3.36. The number of rotatable bonds is 0. The number of halogens is 2. The first-order valence-corrected chi connectivity index (χ1v) is 1.71. The van der Waals surface area contributed by atoms with Crippen LogP contribution in [0.15, 0.2) is 0 Å². The average molecular weight is 102 g/mol. The van der Waals surface area contributed by atoms with Gasteiger partial charge in [-0.25, -0.2) is 0 Å². The Morgan fingerprint density at radius 2 is 1.20 bits per heavy atom. The van der Waals surface area contributed by atoms with Crippen molar-refractivity contribution >= 4 is 11.6 Å². The van der Waals surface area contributed by atoms with Crippen molar-refractivity contribution in [2.75, 3.05) is 13.4 Å². The summed E-state index contributed by atoms with van der Waals surface area (Å²) in [4.78, 5) is 0. The molecule has 0 aliphatic rings. The van der Waals surface area contributed by atoms with Gasteiger partial charge < -0.3 is 5.73 Å². The van der Waals surface area contributed by atoms with Crippen molar-refractivity contribution in [2.24, 2.45) is 5.73 Å². The Labute approximate surface area is 36.5 Å². The molecule has 0 amide bonds. The lowest BCUT2D eigenvalue weighted by Crippen LogP contribution is -1.69. The first kappa shape index (κ1) is 19.0. The van der Waals surface area contributed by atoms with Crippen LogP contribution in [0.4, 0.5) is 4.70 Å². The van der Waals surface area contributed by atoms with Crippen LogP contribution in [0.5, 0.6) is 0 Å². The van der Waals surface area contributed by atoms with Gasteiger partial charge in [-0.05, 0) is 7.05 Å². The molecule has 5 heavy (non-hydrogen) atoms. The van der Waals surface area contributed by atoms with Crippen molar-refractivity contribution in [1.29, 1.82) is 0 Å². The molecule has 0 unspecified atom stereocenters. The zero-order valence-corrected chi connectivity index (χ0v) is 4.12. The van der Waals surface area contributed by atoms with Gasteiger partial charge in [0, 0.05) is 6.38 Å². The molecule has 0 radical (unpaired) electrons. The Balaban J connectivity index is -0.0000000133. The number of nitrogens with two attached hydrogens (primary N) is 1. The molecule has 0 aromatic carbocycles. The molecule has 0 bridgehead atoms. The lowest BCUT2D eigenvalue weighted by Gasteiger charge is -1.19. The minimum Gasteiger partial charge on any atom is -0.333 e. The van der Waals surface area contributed by atoms with Gasteiger partial charge >= 0.3 is 0 Å². The van der Waals surface area contributed by atoms with E-state index in [4.69, 9.17) is 0 Å². The smallest absolute Gasteiger partial charge is 0.0108 e. The minimum atomic E-state index is 0. The Bertz CT molecular complexity index is 9.61. The Hall–Kier alpha value is 0.180. The van der Waals surface area contributed by atoms with Gasteiger partial charge in [0.15, 0.2) is 0 Å². The van der Waals surface area contributed by atoms with Gasteiger partial charge in [0.1, 0.15) is 0 Å². The largest absolute Gasteiger partial charge is 0.333 e. The summed E-state index contributed by atoms with van der Waals surface area (Å²) in [6.45, 7) is 0. The molecule has 1 nitrogen and oxygen atoms in total. The van der Waals surface area contributed by atoms with Crippen molar-refractivity contribution < 1.29 is 4.70 Å².